The molecular weight excluding hydrogens is 636 g/mol. The Morgan fingerprint density at radius 2 is 1.73 bits per heavy atom. The second-order valence-electron chi connectivity index (χ2n) is 14.6. The fraction of sp³-hybridized carbons (Fsp3) is 0.475. The first kappa shape index (κ1) is 35.3. The van der Waals surface area contributed by atoms with Crippen LogP contribution in [0.4, 0.5) is 5.69 Å². The van der Waals surface area contributed by atoms with Gasteiger partial charge in [0.25, 0.3) is 0 Å². The van der Waals surface area contributed by atoms with Crippen LogP contribution in [0.2, 0.25) is 0 Å². The van der Waals surface area contributed by atoms with E-state index in [1.165, 1.54) is 16.8 Å². The number of nitrogens with zero attached hydrogens (tertiary/aromatic N) is 4. The lowest BCUT2D eigenvalue weighted by Crippen LogP contribution is -2.45. The highest BCUT2D eigenvalue weighted by Crippen LogP contribution is 2.54. The predicted octanol–water partition coefficient (Wildman–Crippen LogP) is 10.1. The number of anilines is 1. The summed E-state index contributed by atoms with van der Waals surface area (Å²) in [6.45, 7) is 15.8. The number of allylic oxidation sites excluding steroid dienone is 4. The molecule has 1 aromatic heterocycles. The van der Waals surface area contributed by atoms with Crippen LogP contribution >= 0.6 is 22.9 Å². The first-order valence-electron chi connectivity index (χ1n) is 16.9. The van der Waals surface area contributed by atoms with Gasteiger partial charge in [0, 0.05) is 46.2 Å². The zero-order chi connectivity index (χ0) is 34.7. The van der Waals surface area contributed by atoms with E-state index in [0.717, 1.165) is 73.4 Å². The lowest BCUT2D eigenvalue weighted by Gasteiger charge is -2.49. The number of ether oxygens (including phenoxy) is 2. The molecule has 6 nitrogen and oxygen atoms in total. The highest BCUT2D eigenvalue weighted by atomic mass is 35.5. The molecule has 0 bridgehead atoms. The molecule has 0 saturated carbocycles. The maximum atomic E-state index is 10.1. The van der Waals surface area contributed by atoms with E-state index >= 15 is 0 Å². The van der Waals surface area contributed by atoms with Crippen LogP contribution in [-0.4, -0.2) is 31.2 Å². The minimum atomic E-state index is -0.901. The lowest BCUT2D eigenvalue weighted by atomic mass is 9.68. The van der Waals surface area contributed by atoms with E-state index in [2.05, 4.69) is 62.3 Å². The van der Waals surface area contributed by atoms with Crippen molar-refractivity contribution < 1.29 is 9.47 Å². The van der Waals surface area contributed by atoms with E-state index in [1.54, 1.807) is 11.3 Å². The number of nitriles is 3. The molecule has 0 spiro atoms. The van der Waals surface area contributed by atoms with Crippen molar-refractivity contribution in [3.05, 3.63) is 79.8 Å². The summed E-state index contributed by atoms with van der Waals surface area (Å²) in [4.78, 5) is 3.65. The highest BCUT2D eigenvalue weighted by Gasteiger charge is 2.43. The first-order chi connectivity index (χ1) is 22.9. The van der Waals surface area contributed by atoms with E-state index in [4.69, 9.17) is 21.1 Å². The molecule has 48 heavy (non-hydrogen) atoms. The number of alkyl halides is 1. The first-order valence-corrected chi connectivity index (χ1v) is 18.3. The molecule has 3 aliphatic rings. The summed E-state index contributed by atoms with van der Waals surface area (Å²) >= 11 is 7.59. The van der Waals surface area contributed by atoms with Crippen LogP contribution in [0.5, 0.6) is 5.75 Å². The molecule has 0 amide bonds. The summed E-state index contributed by atoms with van der Waals surface area (Å²) in [7, 11) is 0. The molecule has 0 radical (unpaired) electrons. The molecule has 0 fully saturated rings. The van der Waals surface area contributed by atoms with Gasteiger partial charge in [-0.1, -0.05) is 58.8 Å². The maximum Gasteiger partial charge on any atom is 0.172 e. The van der Waals surface area contributed by atoms with Gasteiger partial charge in [-0.05, 0) is 85.1 Å². The third kappa shape index (κ3) is 6.94. The number of hydrogen-bond donors (Lipinski definition) is 0. The molecular formula is C40H45ClN4O2S. The summed E-state index contributed by atoms with van der Waals surface area (Å²) in [5.74, 6) is 1.69. The predicted molar refractivity (Wildman–Crippen MR) is 196 cm³/mol. The Morgan fingerprint density at radius 3 is 2.38 bits per heavy atom. The number of thiophene rings is 1. The van der Waals surface area contributed by atoms with Crippen molar-refractivity contribution in [3.8, 4) is 24.0 Å². The topological polar surface area (TPSA) is 93.1 Å². The van der Waals surface area contributed by atoms with Crippen molar-refractivity contribution in [3.63, 3.8) is 0 Å². The van der Waals surface area contributed by atoms with Crippen LogP contribution < -0.4 is 9.64 Å². The number of hydrogen-bond acceptors (Lipinski definition) is 7. The molecule has 3 aliphatic heterocycles. The van der Waals surface area contributed by atoms with E-state index in [-0.39, 0.29) is 27.7 Å². The van der Waals surface area contributed by atoms with Crippen molar-refractivity contribution in [2.24, 2.45) is 0 Å². The largest absolute Gasteiger partial charge is 0.493 e. The third-order valence-corrected chi connectivity index (χ3v) is 11.1. The number of benzene rings is 1. The summed E-state index contributed by atoms with van der Waals surface area (Å²) in [6.07, 6.45) is 12.5. The Morgan fingerprint density at radius 1 is 1.02 bits per heavy atom. The van der Waals surface area contributed by atoms with E-state index in [0.29, 0.717) is 18.1 Å². The van der Waals surface area contributed by atoms with Crippen molar-refractivity contribution in [2.75, 3.05) is 30.5 Å². The third-order valence-electron chi connectivity index (χ3n) is 9.90. The second-order valence-corrected chi connectivity index (χ2v) is 15.9. The molecule has 1 aromatic carbocycles. The molecule has 8 heteroatoms. The Labute approximate surface area is 295 Å². The van der Waals surface area contributed by atoms with Crippen LogP contribution in [0.1, 0.15) is 102 Å². The van der Waals surface area contributed by atoms with Gasteiger partial charge in [0.15, 0.2) is 11.3 Å². The van der Waals surface area contributed by atoms with E-state index < -0.39 is 5.60 Å². The fourth-order valence-corrected chi connectivity index (χ4v) is 7.94. The normalized spacial score (nSPS) is 19.0. The standard InChI is InChI=1S/C40H45ClN4O2S/c1-38(2)15-18-45-19-16-39(3,4)34-35(45)32(38)23-28(37(34)46-20-10-8-7-9-17-41)22-27(33-12-11-21-48-33)13-14-31-30(26-44)36(29(24-42)25-43)47-40(31,5)6/h11-14,21-23H,7-10,15-20H2,1-6H3/b14-13+,27-22-. The molecule has 5 rings (SSSR count). The molecule has 0 N–H and O–H groups in total. The van der Waals surface area contributed by atoms with Crippen molar-refractivity contribution in [1.82, 2.24) is 0 Å². The average Bonchev–Trinajstić information content (AvgIpc) is 3.67. The van der Waals surface area contributed by atoms with Gasteiger partial charge in [-0.3, -0.25) is 0 Å². The summed E-state index contributed by atoms with van der Waals surface area (Å²) < 4.78 is 12.9. The fourth-order valence-electron chi connectivity index (χ4n) is 7.03. The zero-order valence-corrected chi connectivity index (χ0v) is 30.6. The Kier molecular flexibility index (Phi) is 10.5. The Balaban J connectivity index is 1.70. The van der Waals surface area contributed by atoms with Gasteiger partial charge in [-0.25, -0.2) is 0 Å². The van der Waals surface area contributed by atoms with Crippen LogP contribution in [0.3, 0.4) is 0 Å². The number of rotatable bonds is 11. The number of halogens is 1. The molecule has 0 saturated heterocycles. The van der Waals surface area contributed by atoms with Crippen molar-refractivity contribution in [1.29, 1.82) is 15.8 Å². The molecule has 4 heterocycles. The van der Waals surface area contributed by atoms with Crippen molar-refractivity contribution in [2.45, 2.75) is 96.5 Å². The Hall–Kier alpha value is -3.96. The lowest BCUT2D eigenvalue weighted by molar-refractivity contribution is 0.0954. The maximum absolute atomic E-state index is 10.1. The number of unbranched alkanes of at least 4 members (excludes halogenated alkanes) is 3. The minimum Gasteiger partial charge on any atom is -0.493 e. The van der Waals surface area contributed by atoms with Gasteiger partial charge in [-0.15, -0.1) is 22.9 Å². The molecule has 0 atom stereocenters. The van der Waals surface area contributed by atoms with E-state index in [1.807, 2.05) is 44.2 Å². The van der Waals surface area contributed by atoms with Gasteiger partial charge in [-0.2, -0.15) is 15.8 Å². The molecule has 2 aromatic rings. The quantitative estimate of drug-likeness (QED) is 0.101. The smallest absolute Gasteiger partial charge is 0.172 e. The summed E-state index contributed by atoms with van der Waals surface area (Å²) in [6, 6.07) is 12.5. The SMILES string of the molecule is CC1(C)OC(=C(C#N)C#N)C(C#N)=C1/C=C/C(=C/c1cc2c3c(c1OCCCCCCCl)C(C)(C)CCN3CCC2(C)C)c1cccs1. The second kappa shape index (κ2) is 14.3. The minimum absolute atomic E-state index is 0.00919. The Bertz CT molecular complexity index is 1790. The van der Waals surface area contributed by atoms with Gasteiger partial charge < -0.3 is 14.4 Å². The molecule has 250 valence electrons. The van der Waals surface area contributed by atoms with Gasteiger partial charge in [0.05, 0.1) is 6.61 Å². The van der Waals surface area contributed by atoms with Gasteiger partial charge in [0.2, 0.25) is 0 Å². The van der Waals surface area contributed by atoms with Crippen LogP contribution in [0, 0.1) is 34.0 Å². The van der Waals surface area contributed by atoms with Gasteiger partial charge in [0.1, 0.15) is 35.1 Å². The van der Waals surface area contributed by atoms with Crippen molar-refractivity contribution >= 4 is 40.3 Å². The van der Waals surface area contributed by atoms with Gasteiger partial charge >= 0.3 is 0 Å². The molecule has 0 aliphatic carbocycles. The highest BCUT2D eigenvalue weighted by molar-refractivity contribution is 7.11. The van der Waals surface area contributed by atoms with Crippen LogP contribution in [0.25, 0.3) is 11.6 Å². The summed E-state index contributed by atoms with van der Waals surface area (Å²) in [5, 5.41) is 31.3. The average molecular weight is 681 g/mol. The van der Waals surface area contributed by atoms with Crippen LogP contribution in [0.15, 0.2) is 58.2 Å². The monoisotopic (exact) mass is 680 g/mol. The summed E-state index contributed by atoms with van der Waals surface area (Å²) in [5.41, 5.74) is 5.71. The molecule has 0 unspecified atom stereocenters. The zero-order valence-electron chi connectivity index (χ0n) is 29.0. The van der Waals surface area contributed by atoms with Crippen LogP contribution in [-0.2, 0) is 15.6 Å². The van der Waals surface area contributed by atoms with E-state index in [9.17, 15) is 15.8 Å².